The number of rotatable bonds is 3. The van der Waals surface area contributed by atoms with Gasteiger partial charge in [0.05, 0.1) is 14.2 Å². The standard InChI is InChI=1S/C11H12N2O3/c1-7-4-5-9(15-2)8(6-7)10(13-12)11(14)16-3/h4-6H,1-3H3. The van der Waals surface area contributed by atoms with Crippen molar-refractivity contribution < 1.29 is 19.1 Å². The molecule has 16 heavy (non-hydrogen) atoms. The Hall–Kier alpha value is -2.13. The highest BCUT2D eigenvalue weighted by molar-refractivity contribution is 6.41. The fourth-order valence-corrected chi connectivity index (χ4v) is 1.31. The van der Waals surface area contributed by atoms with E-state index in [2.05, 4.69) is 9.53 Å². The van der Waals surface area contributed by atoms with E-state index in [1.807, 2.05) is 13.0 Å². The largest absolute Gasteiger partial charge is 0.496 e. The molecule has 84 valence electrons. The molecule has 0 aromatic heterocycles. The Bertz CT molecular complexity index is 462. The molecule has 1 aromatic rings. The van der Waals surface area contributed by atoms with Gasteiger partial charge in [-0.25, -0.2) is 4.79 Å². The molecule has 0 unspecified atom stereocenters. The van der Waals surface area contributed by atoms with Crippen molar-refractivity contribution in [2.45, 2.75) is 6.92 Å². The monoisotopic (exact) mass is 220 g/mol. The second-order valence-corrected chi connectivity index (χ2v) is 3.14. The zero-order valence-electron chi connectivity index (χ0n) is 9.35. The van der Waals surface area contributed by atoms with Crippen LogP contribution in [0.15, 0.2) is 18.2 Å². The molecule has 0 aliphatic heterocycles. The first kappa shape index (κ1) is 11.9. The minimum Gasteiger partial charge on any atom is -0.496 e. The predicted molar refractivity (Wildman–Crippen MR) is 57.5 cm³/mol. The van der Waals surface area contributed by atoms with Gasteiger partial charge < -0.3 is 15.0 Å². The van der Waals surface area contributed by atoms with Crippen LogP contribution in [0.1, 0.15) is 11.1 Å². The average Bonchev–Trinajstić information content (AvgIpc) is 2.30. The van der Waals surface area contributed by atoms with E-state index in [-0.39, 0.29) is 5.71 Å². The number of hydrogen-bond donors (Lipinski definition) is 0. The summed E-state index contributed by atoms with van der Waals surface area (Å²) in [5.74, 6) is -0.268. The number of nitrogens with zero attached hydrogens (tertiary/aromatic N) is 2. The van der Waals surface area contributed by atoms with E-state index in [0.29, 0.717) is 11.3 Å². The van der Waals surface area contributed by atoms with Gasteiger partial charge in [0.2, 0.25) is 0 Å². The van der Waals surface area contributed by atoms with Gasteiger partial charge in [-0.2, -0.15) is 4.79 Å². The molecule has 0 saturated carbocycles. The van der Waals surface area contributed by atoms with E-state index in [1.54, 1.807) is 12.1 Å². The maximum atomic E-state index is 11.4. The van der Waals surface area contributed by atoms with Crippen molar-refractivity contribution in [3.8, 4) is 5.75 Å². The quantitative estimate of drug-likeness (QED) is 0.332. The Labute approximate surface area is 93.2 Å². The van der Waals surface area contributed by atoms with Gasteiger partial charge >= 0.3 is 11.7 Å². The minimum atomic E-state index is -0.716. The highest BCUT2D eigenvalue weighted by Gasteiger charge is 2.27. The van der Waals surface area contributed by atoms with Crippen molar-refractivity contribution in [2.75, 3.05) is 14.2 Å². The number of esters is 1. The number of aryl methyl sites for hydroxylation is 1. The van der Waals surface area contributed by atoms with Crippen LogP contribution in [-0.2, 0) is 9.53 Å². The fraction of sp³-hybridized carbons (Fsp3) is 0.273. The lowest BCUT2D eigenvalue weighted by Gasteiger charge is -2.04. The number of methoxy groups -OCH3 is 2. The molecule has 0 fully saturated rings. The highest BCUT2D eigenvalue weighted by atomic mass is 16.5. The molecule has 0 aliphatic carbocycles. The molecule has 0 N–H and O–H groups in total. The molecule has 5 heteroatoms. The average molecular weight is 220 g/mol. The van der Waals surface area contributed by atoms with Crippen LogP contribution in [0.2, 0.25) is 0 Å². The summed E-state index contributed by atoms with van der Waals surface area (Å²) in [6.07, 6.45) is 0. The maximum Gasteiger partial charge on any atom is 0.422 e. The number of carbonyl (C=O) groups excluding carboxylic acids is 1. The van der Waals surface area contributed by atoms with E-state index >= 15 is 0 Å². The SMILES string of the molecule is COC(=O)C(=[N+]=[N-])c1cc(C)ccc1OC. The molecule has 5 nitrogen and oxygen atoms in total. The highest BCUT2D eigenvalue weighted by Crippen LogP contribution is 2.20. The fourth-order valence-electron chi connectivity index (χ4n) is 1.31. The van der Waals surface area contributed by atoms with Gasteiger partial charge in [0.1, 0.15) is 11.3 Å². The summed E-state index contributed by atoms with van der Waals surface area (Å²) in [5, 5.41) is 0. The third kappa shape index (κ3) is 2.27. The molecule has 0 bridgehead atoms. The summed E-state index contributed by atoms with van der Waals surface area (Å²) >= 11 is 0. The molecule has 0 heterocycles. The van der Waals surface area contributed by atoms with Gasteiger partial charge in [-0.15, -0.1) is 0 Å². The molecule has 0 saturated heterocycles. The van der Waals surface area contributed by atoms with Crippen LogP contribution in [0.3, 0.4) is 0 Å². The third-order valence-corrected chi connectivity index (χ3v) is 2.09. The van der Waals surface area contributed by atoms with Crippen molar-refractivity contribution in [3.05, 3.63) is 34.9 Å². The van der Waals surface area contributed by atoms with Gasteiger partial charge in [-0.05, 0) is 24.6 Å². The summed E-state index contributed by atoms with van der Waals surface area (Å²) in [5.41, 5.74) is 9.96. The predicted octanol–water partition coefficient (Wildman–Crippen LogP) is 1.20. The van der Waals surface area contributed by atoms with E-state index in [1.165, 1.54) is 14.2 Å². The van der Waals surface area contributed by atoms with Crippen LogP contribution >= 0.6 is 0 Å². The lowest BCUT2D eigenvalue weighted by Crippen LogP contribution is -2.19. The molecular formula is C11H12N2O3. The second kappa shape index (κ2) is 5.09. The van der Waals surface area contributed by atoms with Crippen LogP contribution in [0.25, 0.3) is 5.53 Å². The molecule has 1 rings (SSSR count). The molecule has 0 spiro atoms. The van der Waals surface area contributed by atoms with Gasteiger partial charge in [-0.3, -0.25) is 0 Å². The molecule has 0 atom stereocenters. The number of hydrogen-bond acceptors (Lipinski definition) is 3. The first-order valence-electron chi connectivity index (χ1n) is 4.59. The van der Waals surface area contributed by atoms with Gasteiger partial charge in [-0.1, -0.05) is 6.07 Å². The Kier molecular flexibility index (Phi) is 3.80. The van der Waals surface area contributed by atoms with E-state index in [4.69, 9.17) is 10.3 Å². The zero-order chi connectivity index (χ0) is 12.1. The Morgan fingerprint density at radius 2 is 2.06 bits per heavy atom. The first-order chi connectivity index (χ1) is 7.63. The summed E-state index contributed by atoms with van der Waals surface area (Å²) < 4.78 is 9.59. The summed E-state index contributed by atoms with van der Waals surface area (Å²) in [6.45, 7) is 1.86. The van der Waals surface area contributed by atoms with Crippen molar-refractivity contribution in [3.63, 3.8) is 0 Å². The molecule has 1 aromatic carbocycles. The zero-order valence-corrected chi connectivity index (χ0v) is 9.35. The van der Waals surface area contributed by atoms with Crippen LogP contribution in [0.5, 0.6) is 5.75 Å². The maximum absolute atomic E-state index is 11.4. The van der Waals surface area contributed by atoms with Crippen molar-refractivity contribution in [1.29, 1.82) is 0 Å². The molecular weight excluding hydrogens is 208 g/mol. The van der Waals surface area contributed by atoms with Crippen LogP contribution in [0, 0.1) is 6.92 Å². The first-order valence-corrected chi connectivity index (χ1v) is 4.59. The smallest absolute Gasteiger partial charge is 0.422 e. The number of ether oxygens (including phenoxy) is 2. The molecule has 0 amide bonds. The van der Waals surface area contributed by atoms with Gasteiger partial charge in [0.25, 0.3) is 0 Å². The van der Waals surface area contributed by atoms with Crippen LogP contribution in [0.4, 0.5) is 0 Å². The van der Waals surface area contributed by atoms with E-state index < -0.39 is 5.97 Å². The topological polar surface area (TPSA) is 71.9 Å². The van der Waals surface area contributed by atoms with E-state index in [0.717, 1.165) is 5.56 Å². The number of carbonyl (C=O) groups is 1. The van der Waals surface area contributed by atoms with Gasteiger partial charge in [0.15, 0.2) is 0 Å². The molecule has 0 radical (unpaired) electrons. The second-order valence-electron chi connectivity index (χ2n) is 3.14. The summed E-state index contributed by atoms with van der Waals surface area (Å²) in [6, 6.07) is 5.21. The Balaban J connectivity index is 3.35. The lowest BCUT2D eigenvalue weighted by atomic mass is 10.1. The molecule has 0 aliphatic rings. The van der Waals surface area contributed by atoms with Crippen LogP contribution < -0.4 is 4.74 Å². The summed E-state index contributed by atoms with van der Waals surface area (Å²) in [4.78, 5) is 14.3. The van der Waals surface area contributed by atoms with Crippen LogP contribution in [-0.4, -0.2) is 30.7 Å². The normalized spacial score (nSPS) is 9.19. The van der Waals surface area contributed by atoms with Crippen molar-refractivity contribution in [1.82, 2.24) is 0 Å². The summed E-state index contributed by atoms with van der Waals surface area (Å²) in [7, 11) is 2.69. The Morgan fingerprint density at radius 1 is 1.38 bits per heavy atom. The lowest BCUT2D eigenvalue weighted by molar-refractivity contribution is -0.137. The van der Waals surface area contributed by atoms with Crippen molar-refractivity contribution >= 4 is 11.7 Å². The number of benzene rings is 1. The minimum absolute atomic E-state index is 0.178. The Morgan fingerprint density at radius 3 is 2.56 bits per heavy atom. The van der Waals surface area contributed by atoms with Crippen molar-refractivity contribution in [2.24, 2.45) is 0 Å². The van der Waals surface area contributed by atoms with E-state index in [9.17, 15) is 4.79 Å². The third-order valence-electron chi connectivity index (χ3n) is 2.09. The van der Waals surface area contributed by atoms with Gasteiger partial charge in [0, 0.05) is 0 Å².